The van der Waals surface area contributed by atoms with Crippen molar-refractivity contribution in [3.05, 3.63) is 53.1 Å². The molecule has 3 aliphatic rings. The number of hydrogen-bond acceptors (Lipinski definition) is 6. The van der Waals surface area contributed by atoms with Crippen molar-refractivity contribution in [3.63, 3.8) is 0 Å². The van der Waals surface area contributed by atoms with Crippen LogP contribution in [0.2, 0.25) is 0 Å². The van der Waals surface area contributed by atoms with Crippen molar-refractivity contribution in [2.75, 3.05) is 23.1 Å². The summed E-state index contributed by atoms with van der Waals surface area (Å²) in [6, 6.07) is 5.21. The molecular formula is C23H26F2N4O4S. The number of carbonyl (C=O) groups excluding carboxylic acids is 1. The summed E-state index contributed by atoms with van der Waals surface area (Å²) < 4.78 is 55.6. The van der Waals surface area contributed by atoms with E-state index in [1.807, 2.05) is 0 Å². The van der Waals surface area contributed by atoms with E-state index in [9.17, 15) is 27.1 Å². The largest absolute Gasteiger partial charge is 0.374 e. The molecule has 11 heteroatoms. The van der Waals surface area contributed by atoms with Crippen molar-refractivity contribution in [2.24, 2.45) is 0 Å². The van der Waals surface area contributed by atoms with E-state index in [2.05, 4.69) is 20.7 Å². The molecule has 1 amide bonds. The zero-order valence-electron chi connectivity index (χ0n) is 18.3. The number of piperidine rings is 1. The van der Waals surface area contributed by atoms with Gasteiger partial charge >= 0.3 is 0 Å². The monoisotopic (exact) mass is 492 g/mol. The zero-order valence-corrected chi connectivity index (χ0v) is 19.1. The molecule has 5 N–H and O–H groups in total. The van der Waals surface area contributed by atoms with Gasteiger partial charge in [0.05, 0.1) is 11.1 Å². The van der Waals surface area contributed by atoms with E-state index in [-0.39, 0.29) is 17.6 Å². The first kappa shape index (κ1) is 23.2. The van der Waals surface area contributed by atoms with Crippen molar-refractivity contribution >= 4 is 27.3 Å². The van der Waals surface area contributed by atoms with Crippen LogP contribution in [0.15, 0.2) is 35.2 Å². The normalized spacial score (nSPS) is 22.1. The molecule has 2 heterocycles. The maximum atomic E-state index is 14.2. The number of nitrogens with one attached hydrogen (secondary N) is 4. The lowest BCUT2D eigenvalue weighted by atomic mass is 9.65. The van der Waals surface area contributed by atoms with Crippen LogP contribution in [-0.2, 0) is 20.2 Å². The van der Waals surface area contributed by atoms with Crippen LogP contribution in [0.5, 0.6) is 0 Å². The van der Waals surface area contributed by atoms with Crippen LogP contribution < -0.4 is 20.7 Å². The zero-order chi connectivity index (χ0) is 24.1. The molecule has 0 bridgehead atoms. The first-order valence-corrected chi connectivity index (χ1v) is 12.8. The second kappa shape index (κ2) is 8.56. The van der Waals surface area contributed by atoms with Crippen LogP contribution in [0, 0.1) is 11.6 Å². The Morgan fingerprint density at radius 2 is 1.94 bits per heavy atom. The van der Waals surface area contributed by atoms with E-state index in [0.29, 0.717) is 42.3 Å². The summed E-state index contributed by atoms with van der Waals surface area (Å²) in [5.74, 6) is -2.28. The van der Waals surface area contributed by atoms with Gasteiger partial charge in [0.25, 0.3) is 10.0 Å². The van der Waals surface area contributed by atoms with Crippen molar-refractivity contribution in [1.82, 2.24) is 10.6 Å². The Morgan fingerprint density at radius 3 is 2.59 bits per heavy atom. The standard InChI is InChI=1S/C23H26F2N4O4S/c24-13-4-5-19(18(25)9-13)34(32,33)29-15-10-16(21(30)27-14-3-1-8-26-12-14)20-17(11-15)23(6-2-7-23)22(31)28-20/h4-5,9-11,14,21,26-27,29-30H,1-3,6-8,12H2,(H,28,31). The van der Waals surface area contributed by atoms with Gasteiger partial charge in [-0.3, -0.25) is 14.8 Å². The molecular weight excluding hydrogens is 466 g/mol. The maximum absolute atomic E-state index is 14.2. The van der Waals surface area contributed by atoms with Gasteiger partial charge in [0.2, 0.25) is 5.91 Å². The first-order chi connectivity index (χ1) is 16.2. The number of anilines is 2. The number of hydrogen-bond donors (Lipinski definition) is 5. The molecule has 1 aliphatic carbocycles. The third kappa shape index (κ3) is 3.96. The van der Waals surface area contributed by atoms with Gasteiger partial charge in [0, 0.05) is 29.9 Å². The van der Waals surface area contributed by atoms with Gasteiger partial charge in [-0.25, -0.2) is 17.2 Å². The lowest BCUT2D eigenvalue weighted by molar-refractivity contribution is -0.123. The fourth-order valence-electron chi connectivity index (χ4n) is 5.05. The molecule has 182 valence electrons. The van der Waals surface area contributed by atoms with Crippen molar-refractivity contribution < 1.29 is 27.1 Å². The number of halogens is 2. The number of fused-ring (bicyclic) bond motifs is 2. The van der Waals surface area contributed by atoms with Gasteiger partial charge in [-0.1, -0.05) is 6.42 Å². The lowest BCUT2D eigenvalue weighted by Gasteiger charge is -2.36. The summed E-state index contributed by atoms with van der Waals surface area (Å²) in [6.45, 7) is 1.57. The molecule has 34 heavy (non-hydrogen) atoms. The molecule has 2 aromatic rings. The fraction of sp³-hybridized carbons (Fsp3) is 0.435. The number of amides is 1. The Bertz CT molecular complexity index is 1240. The molecule has 5 rings (SSSR count). The molecule has 2 aliphatic heterocycles. The second-order valence-electron chi connectivity index (χ2n) is 9.17. The number of aliphatic hydroxyl groups excluding tert-OH is 1. The van der Waals surface area contributed by atoms with Gasteiger partial charge in [0.1, 0.15) is 22.8 Å². The topological polar surface area (TPSA) is 120 Å². The van der Waals surface area contributed by atoms with Crippen LogP contribution >= 0.6 is 0 Å². The van der Waals surface area contributed by atoms with E-state index in [4.69, 9.17) is 0 Å². The lowest BCUT2D eigenvalue weighted by Crippen LogP contribution is -2.44. The minimum atomic E-state index is -4.40. The predicted molar refractivity (Wildman–Crippen MR) is 122 cm³/mol. The van der Waals surface area contributed by atoms with E-state index >= 15 is 0 Å². The molecule has 1 saturated heterocycles. The quantitative estimate of drug-likeness (QED) is 0.396. The molecule has 2 atom stereocenters. The highest BCUT2D eigenvalue weighted by molar-refractivity contribution is 7.92. The number of carbonyl (C=O) groups is 1. The van der Waals surface area contributed by atoms with Gasteiger partial charge < -0.3 is 15.7 Å². The molecule has 0 aromatic heterocycles. The molecule has 2 fully saturated rings. The molecule has 0 radical (unpaired) electrons. The summed E-state index contributed by atoms with van der Waals surface area (Å²) in [5, 5.41) is 20.3. The summed E-state index contributed by atoms with van der Waals surface area (Å²) in [6.07, 6.45) is 2.73. The number of sulfonamides is 1. The second-order valence-corrected chi connectivity index (χ2v) is 10.8. The van der Waals surface area contributed by atoms with Crippen molar-refractivity contribution in [3.8, 4) is 0 Å². The number of aliphatic hydroxyl groups is 1. The number of benzene rings is 2. The highest BCUT2D eigenvalue weighted by Crippen LogP contribution is 2.53. The molecule has 8 nitrogen and oxygen atoms in total. The van der Waals surface area contributed by atoms with Gasteiger partial charge in [-0.15, -0.1) is 0 Å². The van der Waals surface area contributed by atoms with Crippen LogP contribution in [0.1, 0.15) is 49.5 Å². The van der Waals surface area contributed by atoms with Crippen LogP contribution in [0.3, 0.4) is 0 Å². The minimum absolute atomic E-state index is 0.00262. The molecule has 2 aromatic carbocycles. The fourth-order valence-corrected chi connectivity index (χ4v) is 6.15. The summed E-state index contributed by atoms with van der Waals surface area (Å²) in [5.41, 5.74) is 0.740. The van der Waals surface area contributed by atoms with Crippen LogP contribution in [0.25, 0.3) is 0 Å². The minimum Gasteiger partial charge on any atom is -0.374 e. The van der Waals surface area contributed by atoms with Crippen LogP contribution in [0.4, 0.5) is 20.2 Å². The summed E-state index contributed by atoms with van der Waals surface area (Å²) in [7, 11) is -4.40. The Morgan fingerprint density at radius 1 is 1.15 bits per heavy atom. The SMILES string of the molecule is O=C1Nc2c(C(O)NC3CCCNC3)cc(NS(=O)(=O)c3ccc(F)cc3F)cc2C12CCC2. The predicted octanol–water partition coefficient (Wildman–Crippen LogP) is 2.47. The van der Waals surface area contributed by atoms with E-state index < -0.39 is 38.2 Å². The average molecular weight is 493 g/mol. The Balaban J connectivity index is 1.53. The summed E-state index contributed by atoms with van der Waals surface area (Å²) >= 11 is 0. The highest BCUT2D eigenvalue weighted by atomic mass is 32.2. The third-order valence-electron chi connectivity index (χ3n) is 6.99. The van der Waals surface area contributed by atoms with Gasteiger partial charge in [-0.2, -0.15) is 0 Å². The highest BCUT2D eigenvalue weighted by Gasteiger charge is 2.52. The van der Waals surface area contributed by atoms with Crippen molar-refractivity contribution in [2.45, 2.75) is 54.7 Å². The van der Waals surface area contributed by atoms with Crippen molar-refractivity contribution in [1.29, 1.82) is 0 Å². The molecule has 1 spiro atoms. The van der Waals surface area contributed by atoms with E-state index in [1.165, 1.54) is 6.07 Å². The third-order valence-corrected chi connectivity index (χ3v) is 8.40. The smallest absolute Gasteiger partial charge is 0.264 e. The van der Waals surface area contributed by atoms with Crippen LogP contribution in [-0.4, -0.2) is 38.6 Å². The maximum Gasteiger partial charge on any atom is 0.264 e. The first-order valence-electron chi connectivity index (χ1n) is 11.3. The van der Waals surface area contributed by atoms with Gasteiger partial charge in [-0.05, 0) is 62.1 Å². The Labute approximate surface area is 196 Å². The molecule has 2 unspecified atom stereocenters. The Hall–Kier alpha value is -2.60. The summed E-state index contributed by atoms with van der Waals surface area (Å²) in [4.78, 5) is 12.1. The average Bonchev–Trinajstić information content (AvgIpc) is 3.05. The molecule has 1 saturated carbocycles. The Kier molecular flexibility index (Phi) is 5.83. The van der Waals surface area contributed by atoms with Gasteiger partial charge in [0.15, 0.2) is 0 Å². The number of rotatable bonds is 6. The van der Waals surface area contributed by atoms with E-state index in [1.54, 1.807) is 6.07 Å². The van der Waals surface area contributed by atoms with E-state index in [0.717, 1.165) is 37.9 Å².